The van der Waals surface area contributed by atoms with Crippen LogP contribution in [0.2, 0.25) is 0 Å². The summed E-state index contributed by atoms with van der Waals surface area (Å²) in [4.78, 5) is 0. The average molecular weight is 343 g/mol. The summed E-state index contributed by atoms with van der Waals surface area (Å²) >= 11 is 0. The zero-order valence-corrected chi connectivity index (χ0v) is 16.7. The molecule has 1 aliphatic rings. The van der Waals surface area contributed by atoms with Crippen LogP contribution in [0.5, 0.6) is 0 Å². The van der Waals surface area contributed by atoms with Gasteiger partial charge in [-0.25, -0.2) is 4.57 Å². The van der Waals surface area contributed by atoms with Crippen molar-refractivity contribution in [3.8, 4) is 22.4 Å². The van der Waals surface area contributed by atoms with Crippen molar-refractivity contribution in [1.82, 2.24) is 0 Å². The first-order valence-electron chi connectivity index (χ1n) is 9.56. The van der Waals surface area contributed by atoms with Crippen molar-refractivity contribution in [3.63, 3.8) is 0 Å². The fourth-order valence-electron chi connectivity index (χ4n) is 4.63. The van der Waals surface area contributed by atoms with E-state index < -0.39 is 0 Å². The lowest BCUT2D eigenvalue weighted by Gasteiger charge is -2.26. The molecule has 0 radical (unpaired) electrons. The molecular weight excluding hydrogens is 314 g/mol. The normalized spacial score (nSPS) is 14.4. The van der Waals surface area contributed by atoms with Gasteiger partial charge in [-0.15, -0.1) is 0 Å². The largest absolute Gasteiger partial charge is 0.212 e. The van der Waals surface area contributed by atoms with E-state index in [9.17, 15) is 0 Å². The van der Waals surface area contributed by atoms with Crippen LogP contribution in [0.4, 0.5) is 0 Å². The van der Waals surface area contributed by atoms with E-state index in [4.69, 9.17) is 0 Å². The zero-order chi connectivity index (χ0) is 18.6. The van der Waals surface area contributed by atoms with Gasteiger partial charge in [-0.05, 0) is 58.4 Å². The van der Waals surface area contributed by atoms with Crippen LogP contribution in [-0.2, 0) is 12.5 Å². The molecule has 0 amide bonds. The van der Waals surface area contributed by atoms with Crippen LogP contribution in [-0.4, -0.2) is 0 Å². The predicted octanol–water partition coefficient (Wildman–Crippen LogP) is 5.92. The van der Waals surface area contributed by atoms with Gasteiger partial charge in [0.1, 0.15) is 7.05 Å². The first-order valence-corrected chi connectivity index (χ1v) is 9.56. The number of rotatable bonds is 2. The van der Waals surface area contributed by atoms with Crippen molar-refractivity contribution in [3.05, 3.63) is 77.0 Å². The maximum absolute atomic E-state index is 2.43. The molecule has 0 bridgehead atoms. The van der Waals surface area contributed by atoms with E-state index in [1.165, 1.54) is 44.6 Å². The molecular formula is C25H28N+. The summed E-state index contributed by atoms with van der Waals surface area (Å²) in [6.45, 7) is 11.6. The number of aryl methyl sites for hydroxylation is 2. The maximum atomic E-state index is 2.43. The van der Waals surface area contributed by atoms with Crippen LogP contribution in [0.1, 0.15) is 55.9 Å². The van der Waals surface area contributed by atoms with Crippen molar-refractivity contribution in [2.75, 3.05) is 0 Å². The molecule has 1 aromatic heterocycles. The predicted molar refractivity (Wildman–Crippen MR) is 109 cm³/mol. The summed E-state index contributed by atoms with van der Waals surface area (Å²) in [6, 6.07) is 18.1. The lowest BCUT2D eigenvalue weighted by Crippen LogP contribution is -2.30. The molecule has 0 saturated carbocycles. The van der Waals surface area contributed by atoms with Gasteiger partial charge in [-0.1, -0.05) is 52.0 Å². The van der Waals surface area contributed by atoms with E-state index >= 15 is 0 Å². The minimum Gasteiger partial charge on any atom is -0.201 e. The molecule has 0 fully saturated rings. The Balaban J connectivity index is 2.00. The Morgan fingerprint density at radius 1 is 0.885 bits per heavy atom. The van der Waals surface area contributed by atoms with Crippen molar-refractivity contribution < 1.29 is 4.57 Å². The van der Waals surface area contributed by atoms with Crippen LogP contribution >= 0.6 is 0 Å². The molecule has 132 valence electrons. The van der Waals surface area contributed by atoms with E-state index in [0.29, 0.717) is 5.92 Å². The molecule has 3 aromatic rings. The van der Waals surface area contributed by atoms with E-state index in [1.807, 2.05) is 0 Å². The van der Waals surface area contributed by atoms with Crippen molar-refractivity contribution >= 4 is 0 Å². The highest BCUT2D eigenvalue weighted by Crippen LogP contribution is 2.52. The fourth-order valence-corrected chi connectivity index (χ4v) is 4.63. The number of benzene rings is 2. The summed E-state index contributed by atoms with van der Waals surface area (Å²) in [6.07, 6.45) is 2.12. The SMILES string of the molecule is Cc1cc2c(cc1-c1cccc[n+]1C)C(C)(C)c1c-2cccc1C(C)C. The van der Waals surface area contributed by atoms with Crippen LogP contribution < -0.4 is 4.57 Å². The Morgan fingerprint density at radius 2 is 1.65 bits per heavy atom. The topological polar surface area (TPSA) is 3.88 Å². The fraction of sp³-hybridized carbons (Fsp3) is 0.320. The number of hydrogen-bond acceptors (Lipinski definition) is 0. The number of fused-ring (bicyclic) bond motifs is 3. The summed E-state index contributed by atoms with van der Waals surface area (Å²) in [5.74, 6) is 0.533. The molecule has 4 rings (SSSR count). The minimum absolute atomic E-state index is 0.0291. The first kappa shape index (κ1) is 17.0. The van der Waals surface area contributed by atoms with Crippen LogP contribution in [0.3, 0.4) is 0 Å². The Kier molecular flexibility index (Phi) is 3.80. The van der Waals surface area contributed by atoms with Gasteiger partial charge in [0.15, 0.2) is 6.20 Å². The van der Waals surface area contributed by atoms with E-state index in [1.54, 1.807) is 0 Å². The number of pyridine rings is 1. The molecule has 2 aromatic carbocycles. The van der Waals surface area contributed by atoms with Gasteiger partial charge in [0, 0.05) is 23.1 Å². The summed E-state index contributed by atoms with van der Waals surface area (Å²) < 4.78 is 2.21. The smallest absolute Gasteiger partial charge is 0.201 e. The number of aromatic nitrogens is 1. The zero-order valence-electron chi connectivity index (χ0n) is 16.7. The van der Waals surface area contributed by atoms with Gasteiger partial charge in [0.2, 0.25) is 5.69 Å². The maximum Gasteiger partial charge on any atom is 0.212 e. The highest BCUT2D eigenvalue weighted by Gasteiger charge is 2.38. The van der Waals surface area contributed by atoms with E-state index in [0.717, 1.165) is 0 Å². The van der Waals surface area contributed by atoms with Gasteiger partial charge in [0.25, 0.3) is 0 Å². The van der Waals surface area contributed by atoms with Gasteiger partial charge in [0.05, 0.1) is 0 Å². The van der Waals surface area contributed by atoms with Gasteiger partial charge in [-0.3, -0.25) is 0 Å². The van der Waals surface area contributed by atoms with Gasteiger partial charge >= 0.3 is 0 Å². The number of nitrogens with zero attached hydrogens (tertiary/aromatic N) is 1. The quantitative estimate of drug-likeness (QED) is 0.509. The molecule has 1 heteroatoms. The summed E-state index contributed by atoms with van der Waals surface area (Å²) in [5.41, 5.74) is 11.2. The van der Waals surface area contributed by atoms with E-state index in [-0.39, 0.29) is 5.41 Å². The monoisotopic (exact) mass is 342 g/mol. The van der Waals surface area contributed by atoms with Crippen LogP contribution in [0.15, 0.2) is 54.7 Å². The molecule has 0 unspecified atom stereocenters. The number of hydrogen-bond donors (Lipinski definition) is 0. The molecule has 0 N–H and O–H groups in total. The second-order valence-corrected chi connectivity index (χ2v) is 8.46. The summed E-state index contributed by atoms with van der Waals surface area (Å²) in [7, 11) is 2.12. The third-order valence-corrected chi connectivity index (χ3v) is 6.00. The molecule has 0 spiro atoms. The molecule has 0 atom stereocenters. The second kappa shape index (κ2) is 5.81. The third-order valence-electron chi connectivity index (χ3n) is 6.00. The first-order chi connectivity index (χ1) is 12.3. The Labute approximate surface area is 157 Å². The van der Waals surface area contributed by atoms with Crippen molar-refractivity contribution in [2.45, 2.75) is 46.0 Å². The molecule has 0 saturated heterocycles. The lowest BCUT2D eigenvalue weighted by molar-refractivity contribution is -0.660. The average Bonchev–Trinajstić information content (AvgIpc) is 2.82. The second-order valence-electron chi connectivity index (χ2n) is 8.46. The third kappa shape index (κ3) is 2.34. The highest BCUT2D eigenvalue weighted by molar-refractivity contribution is 5.85. The Hall–Kier alpha value is -2.41. The molecule has 0 aliphatic heterocycles. The standard InChI is InChI=1S/C25H28N/c1-16(2)18-10-9-11-19-21-14-17(3)20(23-12-7-8-13-26(23)6)15-22(21)25(4,5)24(18)19/h7-16H,1-6H3/q+1. The highest BCUT2D eigenvalue weighted by atomic mass is 14.9. The molecule has 1 heterocycles. The van der Waals surface area contributed by atoms with Crippen molar-refractivity contribution in [1.29, 1.82) is 0 Å². The molecule has 26 heavy (non-hydrogen) atoms. The van der Waals surface area contributed by atoms with Crippen LogP contribution in [0, 0.1) is 6.92 Å². The lowest BCUT2D eigenvalue weighted by atomic mass is 9.77. The van der Waals surface area contributed by atoms with Gasteiger partial charge < -0.3 is 0 Å². The Morgan fingerprint density at radius 3 is 2.35 bits per heavy atom. The van der Waals surface area contributed by atoms with Crippen LogP contribution in [0.25, 0.3) is 22.4 Å². The molecule has 1 aliphatic carbocycles. The van der Waals surface area contributed by atoms with Crippen molar-refractivity contribution in [2.24, 2.45) is 7.05 Å². The van der Waals surface area contributed by atoms with Gasteiger partial charge in [-0.2, -0.15) is 0 Å². The molecule has 1 nitrogen and oxygen atoms in total. The summed E-state index contributed by atoms with van der Waals surface area (Å²) in [5, 5.41) is 0. The van der Waals surface area contributed by atoms with E-state index in [2.05, 4.69) is 101 Å². The minimum atomic E-state index is 0.0291. The Bertz CT molecular complexity index is 1010.